The van der Waals surface area contributed by atoms with Crippen molar-refractivity contribution in [3.05, 3.63) is 47.0 Å². The van der Waals surface area contributed by atoms with E-state index >= 15 is 0 Å². The van der Waals surface area contributed by atoms with Crippen molar-refractivity contribution in [1.82, 2.24) is 5.32 Å². The lowest BCUT2D eigenvalue weighted by atomic mass is 10.0. The Labute approximate surface area is 117 Å². The van der Waals surface area contributed by atoms with Crippen LogP contribution < -0.4 is 5.32 Å². The fourth-order valence-electron chi connectivity index (χ4n) is 2.01. The van der Waals surface area contributed by atoms with Gasteiger partial charge in [-0.05, 0) is 43.9 Å². The van der Waals surface area contributed by atoms with Crippen LogP contribution in [-0.2, 0) is 17.6 Å². The van der Waals surface area contributed by atoms with E-state index in [1.807, 2.05) is 0 Å². The van der Waals surface area contributed by atoms with Crippen LogP contribution in [0.3, 0.4) is 0 Å². The average Bonchev–Trinajstić information content (AvgIpc) is 2.43. The first-order chi connectivity index (χ1) is 9.26. The Balaban J connectivity index is 2.26. The van der Waals surface area contributed by atoms with Gasteiger partial charge in [0.2, 0.25) is 0 Å². The van der Waals surface area contributed by atoms with Crippen LogP contribution in [0.15, 0.2) is 35.9 Å². The molecule has 0 saturated heterocycles. The molecule has 0 fully saturated rings. The Morgan fingerprint density at radius 3 is 2.47 bits per heavy atom. The van der Waals surface area contributed by atoms with Gasteiger partial charge in [-0.1, -0.05) is 42.8 Å². The van der Waals surface area contributed by atoms with Crippen molar-refractivity contribution in [2.75, 3.05) is 26.8 Å². The maximum Gasteiger partial charge on any atom is 0.0587 e. The van der Waals surface area contributed by atoms with Gasteiger partial charge in [0.15, 0.2) is 0 Å². The molecule has 0 spiro atoms. The predicted octanol–water partition coefficient (Wildman–Crippen LogP) is 3.36. The summed E-state index contributed by atoms with van der Waals surface area (Å²) in [5.41, 5.74) is 4.25. The van der Waals surface area contributed by atoms with Gasteiger partial charge in [0.25, 0.3) is 0 Å². The SMILES string of the molecule is CCc1ccc(CC(C)=CCCNCCOC)cc1. The van der Waals surface area contributed by atoms with Gasteiger partial charge < -0.3 is 10.1 Å². The third-order valence-corrected chi connectivity index (χ3v) is 3.21. The minimum atomic E-state index is 0.784. The maximum atomic E-state index is 4.99. The largest absolute Gasteiger partial charge is 0.383 e. The molecule has 0 amide bonds. The second kappa shape index (κ2) is 9.76. The van der Waals surface area contributed by atoms with Crippen molar-refractivity contribution in [2.45, 2.75) is 33.1 Å². The van der Waals surface area contributed by atoms with E-state index in [0.29, 0.717) is 0 Å². The van der Waals surface area contributed by atoms with Gasteiger partial charge in [0.05, 0.1) is 6.61 Å². The van der Waals surface area contributed by atoms with Crippen molar-refractivity contribution < 1.29 is 4.74 Å². The molecule has 0 saturated carbocycles. The second-order valence-electron chi connectivity index (χ2n) is 4.93. The highest BCUT2D eigenvalue weighted by Crippen LogP contribution is 2.10. The Morgan fingerprint density at radius 1 is 1.16 bits per heavy atom. The standard InChI is InChI=1S/C17H27NO/c1-4-16-7-9-17(10-8-16)14-15(2)6-5-11-18-12-13-19-3/h6-10,18H,4-5,11-14H2,1-3H3. The van der Waals surface area contributed by atoms with E-state index in [9.17, 15) is 0 Å². The van der Waals surface area contributed by atoms with E-state index in [1.54, 1.807) is 7.11 Å². The van der Waals surface area contributed by atoms with Crippen molar-refractivity contribution >= 4 is 0 Å². The zero-order valence-corrected chi connectivity index (χ0v) is 12.5. The first-order valence-electron chi connectivity index (χ1n) is 7.19. The van der Waals surface area contributed by atoms with Crippen LogP contribution >= 0.6 is 0 Å². The summed E-state index contributed by atoms with van der Waals surface area (Å²) in [4.78, 5) is 0. The predicted molar refractivity (Wildman–Crippen MR) is 82.6 cm³/mol. The van der Waals surface area contributed by atoms with Crippen molar-refractivity contribution in [2.24, 2.45) is 0 Å². The molecule has 19 heavy (non-hydrogen) atoms. The van der Waals surface area contributed by atoms with E-state index in [-0.39, 0.29) is 0 Å². The minimum Gasteiger partial charge on any atom is -0.383 e. The molecule has 0 bridgehead atoms. The number of ether oxygens (including phenoxy) is 1. The van der Waals surface area contributed by atoms with Crippen LogP contribution in [0.1, 0.15) is 31.4 Å². The molecule has 0 aliphatic rings. The van der Waals surface area contributed by atoms with Crippen LogP contribution in [0.5, 0.6) is 0 Å². The summed E-state index contributed by atoms with van der Waals surface area (Å²) in [6.45, 7) is 7.14. The molecular formula is C17H27NO. The minimum absolute atomic E-state index is 0.784. The maximum absolute atomic E-state index is 4.99. The third-order valence-electron chi connectivity index (χ3n) is 3.21. The number of methoxy groups -OCH3 is 1. The molecule has 1 aromatic carbocycles. The van der Waals surface area contributed by atoms with Crippen LogP contribution in [-0.4, -0.2) is 26.8 Å². The molecule has 1 rings (SSSR count). The van der Waals surface area contributed by atoms with Crippen molar-refractivity contribution in [3.8, 4) is 0 Å². The Hall–Kier alpha value is -1.12. The Kier molecular flexibility index (Phi) is 8.19. The van der Waals surface area contributed by atoms with E-state index in [0.717, 1.165) is 39.0 Å². The van der Waals surface area contributed by atoms with Crippen LogP contribution in [0.4, 0.5) is 0 Å². The van der Waals surface area contributed by atoms with E-state index in [4.69, 9.17) is 4.74 Å². The number of aryl methyl sites for hydroxylation is 1. The summed E-state index contributed by atoms with van der Waals surface area (Å²) < 4.78 is 4.99. The zero-order valence-electron chi connectivity index (χ0n) is 12.5. The van der Waals surface area contributed by atoms with Gasteiger partial charge in [0.1, 0.15) is 0 Å². The summed E-state index contributed by atoms with van der Waals surface area (Å²) in [5, 5.41) is 3.35. The smallest absolute Gasteiger partial charge is 0.0587 e. The number of allylic oxidation sites excluding steroid dienone is 1. The lowest BCUT2D eigenvalue weighted by molar-refractivity contribution is 0.199. The molecule has 0 atom stereocenters. The quantitative estimate of drug-likeness (QED) is 0.543. The highest BCUT2D eigenvalue weighted by atomic mass is 16.5. The number of hydrogen-bond donors (Lipinski definition) is 1. The van der Waals surface area contributed by atoms with Crippen molar-refractivity contribution in [1.29, 1.82) is 0 Å². The molecule has 0 aliphatic carbocycles. The van der Waals surface area contributed by atoms with Crippen LogP contribution in [0, 0.1) is 0 Å². The number of benzene rings is 1. The van der Waals surface area contributed by atoms with Gasteiger partial charge in [-0.15, -0.1) is 0 Å². The van der Waals surface area contributed by atoms with Crippen LogP contribution in [0.2, 0.25) is 0 Å². The Morgan fingerprint density at radius 2 is 1.84 bits per heavy atom. The van der Waals surface area contributed by atoms with Gasteiger partial charge in [-0.2, -0.15) is 0 Å². The lowest BCUT2D eigenvalue weighted by Crippen LogP contribution is -2.19. The van der Waals surface area contributed by atoms with E-state index in [1.165, 1.54) is 16.7 Å². The third kappa shape index (κ3) is 7.14. The average molecular weight is 261 g/mol. The molecule has 0 unspecified atom stereocenters. The van der Waals surface area contributed by atoms with Crippen LogP contribution in [0.25, 0.3) is 0 Å². The molecule has 2 nitrogen and oxygen atoms in total. The lowest BCUT2D eigenvalue weighted by Gasteiger charge is -2.05. The molecule has 1 aromatic rings. The first-order valence-corrected chi connectivity index (χ1v) is 7.19. The molecule has 0 radical (unpaired) electrons. The first kappa shape index (κ1) is 15.9. The summed E-state index contributed by atoms with van der Waals surface area (Å²) >= 11 is 0. The highest BCUT2D eigenvalue weighted by Gasteiger charge is 1.95. The van der Waals surface area contributed by atoms with Gasteiger partial charge in [0, 0.05) is 13.7 Å². The molecule has 2 heteroatoms. The summed E-state index contributed by atoms with van der Waals surface area (Å²) in [5.74, 6) is 0. The normalized spacial score (nSPS) is 11.8. The topological polar surface area (TPSA) is 21.3 Å². The number of nitrogens with one attached hydrogen (secondary N) is 1. The van der Waals surface area contributed by atoms with E-state index in [2.05, 4.69) is 49.5 Å². The highest BCUT2D eigenvalue weighted by molar-refractivity contribution is 5.25. The monoisotopic (exact) mass is 261 g/mol. The molecular weight excluding hydrogens is 234 g/mol. The molecule has 0 aromatic heterocycles. The molecule has 0 heterocycles. The Bertz CT molecular complexity index is 367. The summed E-state index contributed by atoms with van der Waals surface area (Å²) in [6.07, 6.45) is 5.58. The second-order valence-corrected chi connectivity index (χ2v) is 4.93. The molecule has 1 N–H and O–H groups in total. The van der Waals surface area contributed by atoms with Gasteiger partial charge in [-0.3, -0.25) is 0 Å². The van der Waals surface area contributed by atoms with E-state index < -0.39 is 0 Å². The fourth-order valence-corrected chi connectivity index (χ4v) is 2.01. The summed E-state index contributed by atoms with van der Waals surface area (Å²) in [6, 6.07) is 8.95. The molecule has 106 valence electrons. The number of hydrogen-bond acceptors (Lipinski definition) is 2. The summed E-state index contributed by atoms with van der Waals surface area (Å²) in [7, 11) is 1.73. The zero-order chi connectivity index (χ0) is 13.9. The fraction of sp³-hybridized carbons (Fsp3) is 0.529. The van der Waals surface area contributed by atoms with Crippen molar-refractivity contribution in [3.63, 3.8) is 0 Å². The van der Waals surface area contributed by atoms with Gasteiger partial charge >= 0.3 is 0 Å². The number of rotatable bonds is 9. The molecule has 0 aliphatic heterocycles. The van der Waals surface area contributed by atoms with Gasteiger partial charge in [-0.25, -0.2) is 0 Å².